The van der Waals surface area contributed by atoms with Crippen molar-refractivity contribution in [2.45, 2.75) is 30.2 Å². The maximum absolute atomic E-state index is 13.8. The molecule has 1 aliphatic rings. The summed E-state index contributed by atoms with van der Waals surface area (Å²) in [6.45, 7) is -0.416. The minimum absolute atomic E-state index is 0.0389. The summed E-state index contributed by atoms with van der Waals surface area (Å²) >= 11 is 6.04. The van der Waals surface area contributed by atoms with Crippen molar-refractivity contribution < 1.29 is 27.4 Å². The molecule has 0 radical (unpaired) electrons. The van der Waals surface area contributed by atoms with Crippen LogP contribution in [-0.2, 0) is 21.2 Å². The number of amides is 1. The largest absolute Gasteiger partial charge is 0.497 e. The van der Waals surface area contributed by atoms with Crippen LogP contribution in [0.4, 0.5) is 5.69 Å². The molecule has 0 bridgehead atoms. The van der Waals surface area contributed by atoms with Crippen LogP contribution in [0.1, 0.15) is 30.0 Å². The smallest absolute Gasteiger partial charge is 0.264 e. The van der Waals surface area contributed by atoms with Crippen LogP contribution < -0.4 is 23.8 Å². The lowest BCUT2D eigenvalue weighted by atomic mass is 9.87. The quantitative estimate of drug-likeness (QED) is 0.417. The van der Waals surface area contributed by atoms with Crippen LogP contribution in [0.3, 0.4) is 0 Å². The van der Waals surface area contributed by atoms with E-state index in [4.69, 9.17) is 25.8 Å². The topological polar surface area (TPSA) is 94.2 Å². The highest BCUT2D eigenvalue weighted by atomic mass is 35.5. The Bertz CT molecular complexity index is 1380. The molecule has 8 nitrogen and oxygen atoms in total. The SMILES string of the molecule is COc1ccc2c(c1)CCCC2NC(=O)CN(c1ccc(Cl)cc1)S(=O)(=O)c1ccc(OC)c(OC)c1. The minimum Gasteiger partial charge on any atom is -0.497 e. The van der Waals surface area contributed by atoms with Gasteiger partial charge in [0, 0.05) is 11.1 Å². The van der Waals surface area contributed by atoms with Gasteiger partial charge in [-0.1, -0.05) is 17.7 Å². The van der Waals surface area contributed by atoms with Crippen LogP contribution in [0.25, 0.3) is 0 Å². The van der Waals surface area contributed by atoms with E-state index in [-0.39, 0.29) is 16.7 Å². The molecular formula is C27H29ClN2O6S. The molecular weight excluding hydrogens is 516 g/mol. The molecule has 0 aromatic heterocycles. The second-order valence-corrected chi connectivity index (χ2v) is 10.9. The molecule has 10 heteroatoms. The number of nitrogens with one attached hydrogen (secondary N) is 1. The normalized spacial score (nSPS) is 14.9. The number of hydrogen-bond donors (Lipinski definition) is 1. The molecule has 0 spiro atoms. The summed E-state index contributed by atoms with van der Waals surface area (Å²) in [4.78, 5) is 13.2. The molecule has 1 aliphatic carbocycles. The Morgan fingerprint density at radius 3 is 2.38 bits per heavy atom. The summed E-state index contributed by atoms with van der Waals surface area (Å²) in [6.07, 6.45) is 2.55. The van der Waals surface area contributed by atoms with Crippen LogP contribution >= 0.6 is 11.6 Å². The van der Waals surface area contributed by atoms with Crippen molar-refractivity contribution in [2.24, 2.45) is 0 Å². The number of fused-ring (bicyclic) bond motifs is 1. The number of benzene rings is 3. The van der Waals surface area contributed by atoms with Crippen molar-refractivity contribution in [2.75, 3.05) is 32.2 Å². The van der Waals surface area contributed by atoms with Gasteiger partial charge in [-0.3, -0.25) is 9.10 Å². The van der Waals surface area contributed by atoms with Crippen LogP contribution in [0.2, 0.25) is 5.02 Å². The summed E-state index contributed by atoms with van der Waals surface area (Å²) in [7, 11) is 0.361. The van der Waals surface area contributed by atoms with E-state index in [1.807, 2.05) is 18.2 Å². The van der Waals surface area contributed by atoms with E-state index in [9.17, 15) is 13.2 Å². The molecule has 3 aromatic rings. The van der Waals surface area contributed by atoms with E-state index < -0.39 is 22.5 Å². The molecule has 0 saturated carbocycles. The lowest BCUT2D eigenvalue weighted by Crippen LogP contribution is -2.42. The van der Waals surface area contributed by atoms with E-state index in [1.165, 1.54) is 32.4 Å². The van der Waals surface area contributed by atoms with Gasteiger partial charge in [0.2, 0.25) is 5.91 Å². The molecule has 1 atom stereocenters. The molecule has 0 aliphatic heterocycles. The molecule has 1 unspecified atom stereocenters. The third kappa shape index (κ3) is 5.78. The Morgan fingerprint density at radius 1 is 0.973 bits per heavy atom. The number of carbonyl (C=O) groups excluding carboxylic acids is 1. The third-order valence-electron chi connectivity index (χ3n) is 6.34. The van der Waals surface area contributed by atoms with Crippen LogP contribution in [0, 0.1) is 0 Å². The predicted octanol–water partition coefficient (Wildman–Crippen LogP) is 4.75. The van der Waals surface area contributed by atoms with Crippen molar-refractivity contribution in [1.29, 1.82) is 0 Å². The Kier molecular flexibility index (Phi) is 8.14. The number of sulfonamides is 1. The van der Waals surface area contributed by atoms with E-state index in [0.717, 1.165) is 40.4 Å². The van der Waals surface area contributed by atoms with E-state index in [0.29, 0.717) is 16.5 Å². The van der Waals surface area contributed by atoms with Gasteiger partial charge in [0.15, 0.2) is 11.5 Å². The molecule has 37 heavy (non-hydrogen) atoms. The summed E-state index contributed by atoms with van der Waals surface area (Å²) in [5.41, 5.74) is 2.44. The third-order valence-corrected chi connectivity index (χ3v) is 8.37. The van der Waals surface area contributed by atoms with Gasteiger partial charge >= 0.3 is 0 Å². The standard InChI is InChI=1S/C27H29ClN2O6S/c1-34-21-11-13-23-18(15-21)5-4-6-24(23)29-27(31)17-30(20-9-7-19(28)8-10-20)37(32,33)22-12-14-25(35-2)26(16-22)36-3/h7-16,24H,4-6,17H2,1-3H3,(H,29,31). The van der Waals surface area contributed by atoms with E-state index in [1.54, 1.807) is 31.4 Å². The fraction of sp³-hybridized carbons (Fsp3) is 0.296. The lowest BCUT2D eigenvalue weighted by molar-refractivity contribution is -0.120. The van der Waals surface area contributed by atoms with Gasteiger partial charge in [-0.25, -0.2) is 8.42 Å². The zero-order valence-corrected chi connectivity index (χ0v) is 22.4. The van der Waals surface area contributed by atoms with Gasteiger partial charge in [-0.05, 0) is 78.9 Å². The number of rotatable bonds is 9. The van der Waals surface area contributed by atoms with Gasteiger partial charge in [-0.15, -0.1) is 0 Å². The molecule has 4 rings (SSSR count). The first-order valence-electron chi connectivity index (χ1n) is 11.7. The highest BCUT2D eigenvalue weighted by molar-refractivity contribution is 7.92. The predicted molar refractivity (Wildman–Crippen MR) is 142 cm³/mol. The Morgan fingerprint density at radius 2 is 1.70 bits per heavy atom. The van der Waals surface area contributed by atoms with Crippen molar-refractivity contribution in [3.8, 4) is 17.2 Å². The summed E-state index contributed by atoms with van der Waals surface area (Å²) in [5, 5.41) is 3.48. The second kappa shape index (κ2) is 11.3. The summed E-state index contributed by atoms with van der Waals surface area (Å²) in [6, 6.07) is 16.2. The highest BCUT2D eigenvalue weighted by Crippen LogP contribution is 2.34. The molecule has 0 fully saturated rings. The number of hydrogen-bond acceptors (Lipinski definition) is 6. The first-order valence-corrected chi connectivity index (χ1v) is 13.5. The Hall–Kier alpha value is -3.43. The highest BCUT2D eigenvalue weighted by Gasteiger charge is 2.30. The number of methoxy groups -OCH3 is 3. The average molecular weight is 545 g/mol. The fourth-order valence-electron chi connectivity index (χ4n) is 4.46. The van der Waals surface area contributed by atoms with Crippen LogP contribution in [-0.4, -0.2) is 42.2 Å². The van der Waals surface area contributed by atoms with Crippen molar-refractivity contribution in [3.63, 3.8) is 0 Å². The number of anilines is 1. The summed E-state index contributed by atoms with van der Waals surface area (Å²) < 4.78 is 44.5. The molecule has 0 heterocycles. The van der Waals surface area contributed by atoms with Gasteiger partial charge < -0.3 is 19.5 Å². The monoisotopic (exact) mass is 544 g/mol. The summed E-state index contributed by atoms with van der Waals surface area (Å²) in [5.74, 6) is 0.997. The Balaban J connectivity index is 1.64. The molecule has 0 saturated heterocycles. The maximum atomic E-state index is 13.8. The van der Waals surface area contributed by atoms with Gasteiger partial charge in [0.05, 0.1) is 38.0 Å². The number of aryl methyl sites for hydroxylation is 1. The number of carbonyl (C=O) groups is 1. The molecule has 196 valence electrons. The molecule has 1 amide bonds. The lowest BCUT2D eigenvalue weighted by Gasteiger charge is -2.29. The van der Waals surface area contributed by atoms with Gasteiger partial charge in [0.1, 0.15) is 12.3 Å². The van der Waals surface area contributed by atoms with Gasteiger partial charge in [0.25, 0.3) is 10.0 Å². The second-order valence-electron chi connectivity index (χ2n) is 8.58. The van der Waals surface area contributed by atoms with Gasteiger partial charge in [-0.2, -0.15) is 0 Å². The number of nitrogens with zero attached hydrogens (tertiary/aromatic N) is 1. The first kappa shape index (κ1) is 26.6. The number of halogens is 1. The fourth-order valence-corrected chi connectivity index (χ4v) is 6.03. The molecule has 3 aromatic carbocycles. The van der Waals surface area contributed by atoms with E-state index in [2.05, 4.69) is 5.32 Å². The van der Waals surface area contributed by atoms with E-state index >= 15 is 0 Å². The average Bonchev–Trinajstić information content (AvgIpc) is 2.91. The van der Waals surface area contributed by atoms with Crippen LogP contribution in [0.15, 0.2) is 65.6 Å². The van der Waals surface area contributed by atoms with Crippen molar-refractivity contribution >= 4 is 33.2 Å². The van der Waals surface area contributed by atoms with Crippen molar-refractivity contribution in [1.82, 2.24) is 5.32 Å². The maximum Gasteiger partial charge on any atom is 0.264 e. The zero-order valence-electron chi connectivity index (χ0n) is 20.9. The minimum atomic E-state index is -4.15. The number of ether oxygens (including phenoxy) is 3. The molecule has 1 N–H and O–H groups in total. The zero-order chi connectivity index (χ0) is 26.6. The van der Waals surface area contributed by atoms with Crippen molar-refractivity contribution in [3.05, 3.63) is 76.8 Å². The first-order chi connectivity index (χ1) is 17.8. The Labute approximate surface area is 222 Å². The van der Waals surface area contributed by atoms with Crippen LogP contribution in [0.5, 0.6) is 17.2 Å².